The average Bonchev–Trinajstić information content (AvgIpc) is 3.21. The highest BCUT2D eigenvalue weighted by atomic mass is 16.5. The Bertz CT molecular complexity index is 1030. The molecule has 1 aliphatic heterocycles. The average molecular weight is 393 g/mol. The molecule has 8 heteroatoms. The van der Waals surface area contributed by atoms with Crippen LogP contribution in [0.2, 0.25) is 0 Å². The van der Waals surface area contributed by atoms with Gasteiger partial charge in [0.1, 0.15) is 6.10 Å². The number of fused-ring (bicyclic) bond motifs is 1. The van der Waals surface area contributed by atoms with Crippen LogP contribution in [0.4, 0.5) is 11.6 Å². The van der Waals surface area contributed by atoms with Crippen molar-refractivity contribution in [3.8, 4) is 17.1 Å². The van der Waals surface area contributed by atoms with Crippen LogP contribution in [-0.4, -0.2) is 40.2 Å². The molecule has 3 N–H and O–H groups in total. The zero-order valence-electron chi connectivity index (χ0n) is 16.4. The van der Waals surface area contributed by atoms with E-state index in [4.69, 9.17) is 20.2 Å². The summed E-state index contributed by atoms with van der Waals surface area (Å²) < 4.78 is 11.3. The molecular weight excluding hydrogens is 370 g/mol. The van der Waals surface area contributed by atoms with Crippen molar-refractivity contribution in [3.63, 3.8) is 0 Å². The van der Waals surface area contributed by atoms with Gasteiger partial charge in [-0.25, -0.2) is 9.97 Å². The second-order valence-corrected chi connectivity index (χ2v) is 7.28. The standard InChI is InChI=1S/C21H23N5O3/c1-12(2)19(27)23-14-5-3-13(4-6-14)16-7-8-17-18(24-16)20(26-21(22)25-17)29-15-9-10-28-11-15/h3-8,12,15H,9-11H2,1-2H3,(H,23,27)(H2,22,25,26). The molecule has 150 valence electrons. The SMILES string of the molecule is CC(C)C(=O)Nc1ccc(-c2ccc3nc(N)nc(OC4CCOC4)c3n2)cc1. The third-order valence-electron chi connectivity index (χ3n) is 4.67. The number of nitrogens with one attached hydrogen (secondary N) is 1. The Balaban J connectivity index is 1.64. The first-order chi connectivity index (χ1) is 14.0. The van der Waals surface area contributed by atoms with Crippen LogP contribution in [0.3, 0.4) is 0 Å². The van der Waals surface area contributed by atoms with Gasteiger partial charge in [-0.3, -0.25) is 4.79 Å². The fourth-order valence-electron chi connectivity index (χ4n) is 3.02. The van der Waals surface area contributed by atoms with Gasteiger partial charge in [-0.1, -0.05) is 26.0 Å². The minimum Gasteiger partial charge on any atom is -0.470 e. The van der Waals surface area contributed by atoms with Gasteiger partial charge in [0.15, 0.2) is 5.52 Å². The Morgan fingerprint density at radius 3 is 2.66 bits per heavy atom. The summed E-state index contributed by atoms with van der Waals surface area (Å²) in [6.45, 7) is 4.90. The molecule has 1 atom stereocenters. The Morgan fingerprint density at radius 1 is 1.17 bits per heavy atom. The zero-order valence-corrected chi connectivity index (χ0v) is 16.4. The molecule has 0 bridgehead atoms. The maximum Gasteiger partial charge on any atom is 0.245 e. The third kappa shape index (κ3) is 4.27. The number of rotatable bonds is 5. The van der Waals surface area contributed by atoms with Gasteiger partial charge in [0, 0.05) is 23.6 Å². The number of carbonyl (C=O) groups excluding carboxylic acids is 1. The fourth-order valence-corrected chi connectivity index (χ4v) is 3.02. The molecule has 0 aliphatic carbocycles. The summed E-state index contributed by atoms with van der Waals surface area (Å²) in [6, 6.07) is 11.3. The predicted octanol–water partition coefficient (Wildman–Crippen LogP) is 3.04. The summed E-state index contributed by atoms with van der Waals surface area (Å²) in [5.74, 6) is 0.416. The maximum atomic E-state index is 11.9. The van der Waals surface area contributed by atoms with E-state index >= 15 is 0 Å². The molecule has 0 spiro atoms. The van der Waals surface area contributed by atoms with Crippen LogP contribution < -0.4 is 15.8 Å². The molecular formula is C21H23N5O3. The molecule has 0 radical (unpaired) electrons. The van der Waals surface area contributed by atoms with Gasteiger partial charge in [0.25, 0.3) is 0 Å². The fraction of sp³-hybridized carbons (Fsp3) is 0.333. The molecule has 2 aromatic heterocycles. The van der Waals surface area contributed by atoms with E-state index in [1.807, 2.05) is 50.2 Å². The molecule has 29 heavy (non-hydrogen) atoms. The van der Waals surface area contributed by atoms with Crippen molar-refractivity contribution < 1.29 is 14.3 Å². The van der Waals surface area contributed by atoms with Crippen LogP contribution in [0.1, 0.15) is 20.3 Å². The molecule has 1 aromatic carbocycles. The first-order valence-corrected chi connectivity index (χ1v) is 9.59. The Hall–Kier alpha value is -3.26. The maximum absolute atomic E-state index is 11.9. The van der Waals surface area contributed by atoms with Gasteiger partial charge in [0.05, 0.1) is 24.4 Å². The van der Waals surface area contributed by atoms with E-state index in [-0.39, 0.29) is 23.9 Å². The number of hydrogen-bond donors (Lipinski definition) is 2. The quantitative estimate of drug-likeness (QED) is 0.685. The molecule has 8 nitrogen and oxygen atoms in total. The first-order valence-electron chi connectivity index (χ1n) is 9.59. The lowest BCUT2D eigenvalue weighted by Crippen LogP contribution is -2.17. The highest BCUT2D eigenvalue weighted by Gasteiger charge is 2.20. The molecule has 1 aliphatic rings. The van der Waals surface area contributed by atoms with Gasteiger partial charge < -0.3 is 20.5 Å². The summed E-state index contributed by atoms with van der Waals surface area (Å²) >= 11 is 0. The normalized spacial score (nSPS) is 16.3. The highest BCUT2D eigenvalue weighted by Crippen LogP contribution is 2.28. The number of ether oxygens (including phenoxy) is 2. The van der Waals surface area contributed by atoms with Gasteiger partial charge in [-0.05, 0) is 24.3 Å². The number of benzene rings is 1. The van der Waals surface area contributed by atoms with Crippen molar-refractivity contribution in [3.05, 3.63) is 36.4 Å². The number of amides is 1. The minimum atomic E-state index is -0.0760. The smallest absolute Gasteiger partial charge is 0.245 e. The molecule has 4 rings (SSSR count). The predicted molar refractivity (Wildman–Crippen MR) is 111 cm³/mol. The number of carbonyl (C=O) groups is 1. The first kappa shape index (κ1) is 19.1. The van der Waals surface area contributed by atoms with Gasteiger partial charge in [-0.15, -0.1) is 0 Å². The molecule has 0 saturated carbocycles. The lowest BCUT2D eigenvalue weighted by atomic mass is 10.1. The van der Waals surface area contributed by atoms with Gasteiger partial charge in [-0.2, -0.15) is 4.98 Å². The Kier molecular flexibility index (Phi) is 5.26. The van der Waals surface area contributed by atoms with E-state index in [2.05, 4.69) is 15.3 Å². The van der Waals surface area contributed by atoms with Gasteiger partial charge in [0.2, 0.25) is 17.7 Å². The van der Waals surface area contributed by atoms with E-state index < -0.39 is 0 Å². The van der Waals surface area contributed by atoms with Crippen LogP contribution in [0.25, 0.3) is 22.3 Å². The zero-order chi connectivity index (χ0) is 20.4. The summed E-state index contributed by atoms with van der Waals surface area (Å²) in [7, 11) is 0. The van der Waals surface area contributed by atoms with Crippen LogP contribution in [-0.2, 0) is 9.53 Å². The van der Waals surface area contributed by atoms with E-state index in [1.54, 1.807) is 0 Å². The van der Waals surface area contributed by atoms with E-state index in [9.17, 15) is 4.79 Å². The number of hydrogen-bond acceptors (Lipinski definition) is 7. The Labute approximate surface area is 168 Å². The van der Waals surface area contributed by atoms with Crippen molar-refractivity contribution >= 4 is 28.6 Å². The Morgan fingerprint density at radius 2 is 1.97 bits per heavy atom. The molecule has 1 saturated heterocycles. The van der Waals surface area contributed by atoms with Gasteiger partial charge >= 0.3 is 0 Å². The van der Waals surface area contributed by atoms with Crippen molar-refractivity contribution in [1.29, 1.82) is 0 Å². The number of anilines is 2. The second kappa shape index (κ2) is 8.00. The topological polar surface area (TPSA) is 112 Å². The van der Waals surface area contributed by atoms with Crippen molar-refractivity contribution in [2.75, 3.05) is 24.3 Å². The number of aromatic nitrogens is 3. The minimum absolute atomic E-state index is 0.0194. The largest absolute Gasteiger partial charge is 0.470 e. The third-order valence-corrected chi connectivity index (χ3v) is 4.67. The van der Waals surface area contributed by atoms with E-state index in [0.29, 0.717) is 30.1 Å². The molecule has 3 aromatic rings. The molecule has 1 unspecified atom stereocenters. The summed E-state index contributed by atoms with van der Waals surface area (Å²) in [6.07, 6.45) is 0.732. The van der Waals surface area contributed by atoms with Crippen LogP contribution in [0.15, 0.2) is 36.4 Å². The monoisotopic (exact) mass is 393 g/mol. The molecule has 1 amide bonds. The van der Waals surface area contributed by atoms with Crippen molar-refractivity contribution in [2.45, 2.75) is 26.4 Å². The summed E-state index contributed by atoms with van der Waals surface area (Å²) in [5.41, 5.74) is 9.41. The van der Waals surface area contributed by atoms with Crippen molar-refractivity contribution in [2.24, 2.45) is 5.92 Å². The second-order valence-electron chi connectivity index (χ2n) is 7.28. The van der Waals surface area contributed by atoms with Crippen LogP contribution in [0.5, 0.6) is 5.88 Å². The molecule has 1 fully saturated rings. The highest BCUT2D eigenvalue weighted by molar-refractivity contribution is 5.92. The van der Waals surface area contributed by atoms with E-state index in [0.717, 1.165) is 23.4 Å². The molecule has 3 heterocycles. The lowest BCUT2D eigenvalue weighted by molar-refractivity contribution is -0.118. The number of nitrogens with two attached hydrogens (primary N) is 1. The van der Waals surface area contributed by atoms with Crippen LogP contribution >= 0.6 is 0 Å². The number of nitrogen functional groups attached to an aromatic ring is 1. The summed E-state index contributed by atoms with van der Waals surface area (Å²) in [5, 5.41) is 2.88. The number of nitrogens with zero attached hydrogens (tertiary/aromatic N) is 3. The summed E-state index contributed by atoms with van der Waals surface area (Å²) in [4.78, 5) is 25.1. The van der Waals surface area contributed by atoms with Crippen LogP contribution in [0, 0.1) is 5.92 Å². The van der Waals surface area contributed by atoms with Crippen molar-refractivity contribution in [1.82, 2.24) is 15.0 Å². The number of pyridine rings is 1. The van der Waals surface area contributed by atoms with E-state index in [1.165, 1.54) is 0 Å². The lowest BCUT2D eigenvalue weighted by Gasteiger charge is -2.13.